The molecule has 1 saturated carbocycles. The number of ether oxygens (including phenoxy) is 1. The van der Waals surface area contributed by atoms with Gasteiger partial charge in [0.2, 0.25) is 5.91 Å². The van der Waals surface area contributed by atoms with Crippen molar-refractivity contribution >= 4 is 17.6 Å². The highest BCUT2D eigenvalue weighted by molar-refractivity contribution is 5.95. The molecule has 4 nitrogen and oxygen atoms in total. The summed E-state index contributed by atoms with van der Waals surface area (Å²) in [6, 6.07) is 5.18. The summed E-state index contributed by atoms with van der Waals surface area (Å²) in [6.07, 6.45) is 6.46. The van der Waals surface area contributed by atoms with Crippen LogP contribution in [-0.2, 0) is 9.53 Å². The zero-order valence-electron chi connectivity index (χ0n) is 12.3. The van der Waals surface area contributed by atoms with Crippen LogP contribution >= 0.6 is 0 Å². The van der Waals surface area contributed by atoms with E-state index in [1.54, 1.807) is 18.2 Å². The Morgan fingerprint density at radius 1 is 1.24 bits per heavy atom. The fourth-order valence-corrected chi connectivity index (χ4v) is 3.36. The van der Waals surface area contributed by atoms with E-state index in [-0.39, 0.29) is 17.8 Å². The van der Waals surface area contributed by atoms with Gasteiger partial charge in [0.1, 0.15) is 0 Å². The van der Waals surface area contributed by atoms with E-state index < -0.39 is 0 Å². The number of aryl methyl sites for hydroxylation is 1. The lowest BCUT2D eigenvalue weighted by Gasteiger charge is -2.18. The summed E-state index contributed by atoms with van der Waals surface area (Å²) in [5.41, 5.74) is 2.13. The monoisotopic (exact) mass is 285 g/mol. The van der Waals surface area contributed by atoms with E-state index in [9.17, 15) is 9.59 Å². The number of carbonyl (C=O) groups excluding carboxylic acids is 2. The number of methoxy groups -OCH3 is 1. The first-order valence-corrected chi connectivity index (χ1v) is 7.26. The number of hydrogen-bond acceptors (Lipinski definition) is 3. The Bertz CT molecular complexity index is 620. The van der Waals surface area contributed by atoms with Gasteiger partial charge in [0.15, 0.2) is 0 Å². The molecule has 3 unspecified atom stereocenters. The maximum Gasteiger partial charge on any atom is 0.337 e. The van der Waals surface area contributed by atoms with Gasteiger partial charge in [-0.3, -0.25) is 4.79 Å². The molecule has 0 radical (unpaired) electrons. The van der Waals surface area contributed by atoms with E-state index in [0.717, 1.165) is 24.1 Å². The number of allylic oxidation sites excluding steroid dienone is 2. The van der Waals surface area contributed by atoms with Crippen LogP contribution in [0, 0.1) is 24.7 Å². The quantitative estimate of drug-likeness (QED) is 0.686. The van der Waals surface area contributed by atoms with E-state index in [1.807, 2.05) is 6.92 Å². The summed E-state index contributed by atoms with van der Waals surface area (Å²) in [6.45, 7) is 1.88. The van der Waals surface area contributed by atoms with E-state index >= 15 is 0 Å². The van der Waals surface area contributed by atoms with E-state index in [0.29, 0.717) is 17.4 Å². The second-order valence-electron chi connectivity index (χ2n) is 5.90. The number of carbonyl (C=O) groups is 2. The molecule has 4 heteroatoms. The zero-order chi connectivity index (χ0) is 15.0. The maximum atomic E-state index is 12.4. The smallest absolute Gasteiger partial charge is 0.337 e. The Morgan fingerprint density at radius 3 is 2.62 bits per heavy atom. The molecule has 3 rings (SSSR count). The molecule has 2 aliphatic rings. The number of amides is 1. The average Bonchev–Trinajstić information content (AvgIpc) is 3.11. The first kappa shape index (κ1) is 13.9. The van der Waals surface area contributed by atoms with Crippen LogP contribution in [-0.4, -0.2) is 19.0 Å². The minimum Gasteiger partial charge on any atom is -0.465 e. The van der Waals surface area contributed by atoms with Gasteiger partial charge in [0.25, 0.3) is 0 Å². The number of fused-ring (bicyclic) bond motifs is 2. The summed E-state index contributed by atoms with van der Waals surface area (Å²) in [7, 11) is 1.36. The number of rotatable bonds is 3. The largest absolute Gasteiger partial charge is 0.465 e. The third kappa shape index (κ3) is 2.58. The molecule has 0 heterocycles. The maximum absolute atomic E-state index is 12.4. The van der Waals surface area contributed by atoms with Crippen molar-refractivity contribution in [2.24, 2.45) is 17.8 Å². The van der Waals surface area contributed by atoms with E-state index in [4.69, 9.17) is 4.74 Å². The fourth-order valence-electron chi connectivity index (χ4n) is 3.36. The molecular formula is C17H19NO3. The van der Waals surface area contributed by atoms with Gasteiger partial charge in [-0.15, -0.1) is 0 Å². The van der Waals surface area contributed by atoms with Crippen molar-refractivity contribution in [3.8, 4) is 0 Å². The molecule has 2 bridgehead atoms. The summed E-state index contributed by atoms with van der Waals surface area (Å²) >= 11 is 0. The standard InChI is InChI=1S/C17H19NO3/c1-10-7-13(17(20)21-2)5-6-15(10)18-16(19)14-9-11-3-4-12(14)8-11/h3-7,11-12,14H,8-9H2,1-2H3,(H,18,19). The highest BCUT2D eigenvalue weighted by atomic mass is 16.5. The van der Waals surface area contributed by atoms with Gasteiger partial charge >= 0.3 is 5.97 Å². The van der Waals surface area contributed by atoms with Crippen LogP contribution in [0.15, 0.2) is 30.4 Å². The third-order valence-electron chi connectivity index (χ3n) is 4.52. The van der Waals surface area contributed by atoms with E-state index in [2.05, 4.69) is 17.5 Å². The second kappa shape index (κ2) is 5.35. The summed E-state index contributed by atoms with van der Waals surface area (Å²) in [4.78, 5) is 23.9. The SMILES string of the molecule is COC(=O)c1ccc(NC(=O)C2CC3C=CC2C3)c(C)c1. The molecule has 1 aromatic rings. The zero-order valence-corrected chi connectivity index (χ0v) is 12.3. The number of benzene rings is 1. The van der Waals surface area contributed by atoms with Crippen molar-refractivity contribution < 1.29 is 14.3 Å². The second-order valence-corrected chi connectivity index (χ2v) is 5.90. The molecule has 0 aliphatic heterocycles. The topological polar surface area (TPSA) is 55.4 Å². The predicted octanol–water partition coefficient (Wildman–Crippen LogP) is 2.93. The van der Waals surface area contributed by atoms with Crippen LogP contribution < -0.4 is 5.32 Å². The lowest BCUT2D eigenvalue weighted by Crippen LogP contribution is -2.26. The normalized spacial score (nSPS) is 25.9. The van der Waals surface area contributed by atoms with Gasteiger partial charge in [-0.25, -0.2) is 4.79 Å². The van der Waals surface area contributed by atoms with E-state index in [1.165, 1.54) is 7.11 Å². The minimum atomic E-state index is -0.366. The van der Waals surface area contributed by atoms with Gasteiger partial charge in [-0.2, -0.15) is 0 Å². The summed E-state index contributed by atoms with van der Waals surface area (Å²) in [5.74, 6) is 0.771. The molecule has 0 aromatic heterocycles. The predicted molar refractivity (Wildman–Crippen MR) is 80.0 cm³/mol. The number of hydrogen-bond donors (Lipinski definition) is 1. The first-order valence-electron chi connectivity index (χ1n) is 7.26. The molecule has 3 atom stereocenters. The average molecular weight is 285 g/mol. The Labute approximate surface area is 124 Å². The Kier molecular flexibility index (Phi) is 3.53. The van der Waals surface area contributed by atoms with Gasteiger partial charge in [0.05, 0.1) is 12.7 Å². The van der Waals surface area contributed by atoms with Crippen molar-refractivity contribution in [2.45, 2.75) is 19.8 Å². The molecule has 1 fully saturated rings. The van der Waals surface area contributed by atoms with Crippen molar-refractivity contribution in [3.05, 3.63) is 41.5 Å². The van der Waals surface area contributed by atoms with Crippen LogP contribution in [0.25, 0.3) is 0 Å². The Balaban J connectivity index is 1.72. The third-order valence-corrected chi connectivity index (χ3v) is 4.52. The molecule has 21 heavy (non-hydrogen) atoms. The molecule has 1 amide bonds. The molecule has 110 valence electrons. The van der Waals surface area contributed by atoms with Crippen LogP contribution in [0.3, 0.4) is 0 Å². The van der Waals surface area contributed by atoms with Crippen LogP contribution in [0.5, 0.6) is 0 Å². The molecule has 0 spiro atoms. The number of anilines is 1. The van der Waals surface area contributed by atoms with Gasteiger partial charge < -0.3 is 10.1 Å². The van der Waals surface area contributed by atoms with Crippen molar-refractivity contribution in [2.75, 3.05) is 12.4 Å². The lowest BCUT2D eigenvalue weighted by molar-refractivity contribution is -0.120. The molecular weight excluding hydrogens is 266 g/mol. The Hall–Kier alpha value is -2.10. The van der Waals surface area contributed by atoms with Gasteiger partial charge in [0, 0.05) is 11.6 Å². The highest BCUT2D eigenvalue weighted by Gasteiger charge is 2.39. The van der Waals surface area contributed by atoms with Crippen molar-refractivity contribution in [1.29, 1.82) is 0 Å². The lowest BCUT2D eigenvalue weighted by atomic mass is 9.92. The van der Waals surface area contributed by atoms with Crippen molar-refractivity contribution in [1.82, 2.24) is 0 Å². The van der Waals surface area contributed by atoms with Gasteiger partial charge in [-0.05, 0) is 55.4 Å². The molecule has 2 aliphatic carbocycles. The van der Waals surface area contributed by atoms with Crippen LogP contribution in [0.1, 0.15) is 28.8 Å². The first-order chi connectivity index (χ1) is 10.1. The summed E-state index contributed by atoms with van der Waals surface area (Å²) in [5, 5.41) is 3.00. The Morgan fingerprint density at radius 2 is 2.05 bits per heavy atom. The number of nitrogens with one attached hydrogen (secondary N) is 1. The van der Waals surface area contributed by atoms with Crippen LogP contribution in [0.4, 0.5) is 5.69 Å². The molecule has 1 aromatic carbocycles. The number of esters is 1. The fraction of sp³-hybridized carbons (Fsp3) is 0.412. The van der Waals surface area contributed by atoms with Gasteiger partial charge in [-0.1, -0.05) is 12.2 Å². The molecule has 0 saturated heterocycles. The molecule has 1 N–H and O–H groups in total. The van der Waals surface area contributed by atoms with Crippen LogP contribution in [0.2, 0.25) is 0 Å². The summed E-state index contributed by atoms with van der Waals surface area (Å²) < 4.78 is 4.69. The highest BCUT2D eigenvalue weighted by Crippen LogP contribution is 2.43. The van der Waals surface area contributed by atoms with Crippen molar-refractivity contribution in [3.63, 3.8) is 0 Å². The minimum absolute atomic E-state index is 0.0830.